The van der Waals surface area contributed by atoms with Gasteiger partial charge in [-0.25, -0.2) is 0 Å². The third-order valence-electron chi connectivity index (χ3n) is 5.25. The molecule has 2 atom stereocenters. The van der Waals surface area contributed by atoms with Crippen molar-refractivity contribution < 1.29 is 19.0 Å². The molecule has 1 saturated carbocycles. The van der Waals surface area contributed by atoms with Gasteiger partial charge in [0.2, 0.25) is 0 Å². The van der Waals surface area contributed by atoms with Gasteiger partial charge in [0.05, 0.1) is 32.5 Å². The number of benzene rings is 1. The maximum Gasteiger partial charge on any atom is 0.254 e. The van der Waals surface area contributed by atoms with E-state index in [1.165, 1.54) is 0 Å². The molecule has 1 aromatic carbocycles. The van der Waals surface area contributed by atoms with Crippen LogP contribution in [0.15, 0.2) is 24.3 Å². The Kier molecular flexibility index (Phi) is 5.41. The fourth-order valence-corrected chi connectivity index (χ4v) is 3.90. The lowest BCUT2D eigenvalue weighted by atomic mass is 9.89. The minimum Gasteiger partial charge on any atom is -0.497 e. The highest BCUT2D eigenvalue weighted by molar-refractivity contribution is 5.94. The first kappa shape index (κ1) is 17.2. The summed E-state index contributed by atoms with van der Waals surface area (Å²) >= 11 is 0. The predicted molar refractivity (Wildman–Crippen MR) is 91.4 cm³/mol. The van der Waals surface area contributed by atoms with Crippen LogP contribution >= 0.6 is 0 Å². The largest absolute Gasteiger partial charge is 0.497 e. The van der Waals surface area contributed by atoms with Crippen LogP contribution in [0, 0.1) is 5.92 Å². The smallest absolute Gasteiger partial charge is 0.254 e. The first-order chi connectivity index (χ1) is 11.7. The molecule has 0 radical (unpaired) electrons. The lowest BCUT2D eigenvalue weighted by Crippen LogP contribution is -2.56. The zero-order valence-corrected chi connectivity index (χ0v) is 14.6. The van der Waals surface area contributed by atoms with E-state index < -0.39 is 0 Å². The van der Waals surface area contributed by atoms with Crippen molar-refractivity contribution in [2.45, 2.75) is 31.8 Å². The Balaban J connectivity index is 1.71. The van der Waals surface area contributed by atoms with Crippen LogP contribution in [-0.2, 0) is 9.47 Å². The van der Waals surface area contributed by atoms with Gasteiger partial charge in [0.15, 0.2) is 0 Å². The van der Waals surface area contributed by atoms with Gasteiger partial charge in [0.25, 0.3) is 5.91 Å². The van der Waals surface area contributed by atoms with E-state index in [1.54, 1.807) is 7.11 Å². The van der Waals surface area contributed by atoms with Crippen molar-refractivity contribution in [2.24, 2.45) is 5.92 Å². The van der Waals surface area contributed by atoms with Crippen molar-refractivity contribution in [3.05, 3.63) is 29.8 Å². The summed E-state index contributed by atoms with van der Waals surface area (Å²) in [6, 6.07) is 7.32. The van der Waals surface area contributed by atoms with E-state index in [0.717, 1.165) is 38.2 Å². The molecule has 0 unspecified atom stereocenters. The van der Waals surface area contributed by atoms with Gasteiger partial charge in [-0.3, -0.25) is 4.79 Å². The molecule has 5 nitrogen and oxygen atoms in total. The van der Waals surface area contributed by atoms with Crippen molar-refractivity contribution in [3.8, 4) is 5.75 Å². The summed E-state index contributed by atoms with van der Waals surface area (Å²) in [6.07, 6.45) is 3.27. The molecule has 1 amide bonds. The Morgan fingerprint density at radius 2 is 2.17 bits per heavy atom. The van der Waals surface area contributed by atoms with Gasteiger partial charge in [0.1, 0.15) is 5.75 Å². The molecule has 0 N–H and O–H groups in total. The monoisotopic (exact) mass is 333 g/mol. The number of hydrogen-bond acceptors (Lipinski definition) is 4. The molecule has 1 aliphatic carbocycles. The van der Waals surface area contributed by atoms with Crippen LogP contribution in [0.25, 0.3) is 0 Å². The summed E-state index contributed by atoms with van der Waals surface area (Å²) in [6.45, 7) is 5.37. The molecular weight excluding hydrogens is 306 g/mol. The number of rotatable bonds is 5. The zero-order valence-electron chi connectivity index (χ0n) is 14.6. The maximum atomic E-state index is 12.9. The molecule has 1 saturated heterocycles. The topological polar surface area (TPSA) is 48.0 Å². The molecule has 1 heterocycles. The van der Waals surface area contributed by atoms with Crippen LogP contribution in [0.4, 0.5) is 0 Å². The molecule has 132 valence electrons. The highest BCUT2D eigenvalue weighted by Gasteiger charge is 2.47. The Labute approximate surface area is 143 Å². The van der Waals surface area contributed by atoms with Crippen molar-refractivity contribution >= 4 is 5.91 Å². The van der Waals surface area contributed by atoms with E-state index in [1.807, 2.05) is 36.1 Å². The molecule has 3 rings (SSSR count). The van der Waals surface area contributed by atoms with E-state index >= 15 is 0 Å². The molecule has 1 spiro atoms. The number of carbonyl (C=O) groups is 1. The van der Waals surface area contributed by atoms with E-state index in [4.69, 9.17) is 14.2 Å². The third kappa shape index (κ3) is 3.42. The van der Waals surface area contributed by atoms with Crippen molar-refractivity contribution in [1.82, 2.24) is 4.90 Å². The number of carbonyl (C=O) groups excluding carboxylic acids is 1. The second kappa shape index (κ2) is 7.53. The minimum atomic E-state index is -0.227. The van der Waals surface area contributed by atoms with Gasteiger partial charge in [-0.05, 0) is 44.0 Å². The Morgan fingerprint density at radius 1 is 1.38 bits per heavy atom. The van der Waals surface area contributed by atoms with Crippen LogP contribution in [0.3, 0.4) is 0 Å². The highest BCUT2D eigenvalue weighted by atomic mass is 16.5. The van der Waals surface area contributed by atoms with E-state index in [2.05, 4.69) is 0 Å². The Morgan fingerprint density at radius 3 is 2.88 bits per heavy atom. The number of ether oxygens (including phenoxy) is 3. The summed E-state index contributed by atoms with van der Waals surface area (Å²) in [7, 11) is 1.63. The number of methoxy groups -OCH3 is 1. The lowest BCUT2D eigenvalue weighted by molar-refractivity contribution is -0.132. The molecule has 5 heteroatoms. The van der Waals surface area contributed by atoms with E-state index in [0.29, 0.717) is 31.2 Å². The second-order valence-corrected chi connectivity index (χ2v) is 6.62. The van der Waals surface area contributed by atoms with Crippen LogP contribution in [0.5, 0.6) is 5.75 Å². The lowest BCUT2D eigenvalue weighted by Gasteiger charge is -2.44. The minimum absolute atomic E-state index is 0.0717. The van der Waals surface area contributed by atoms with Crippen molar-refractivity contribution in [3.63, 3.8) is 0 Å². The summed E-state index contributed by atoms with van der Waals surface area (Å²) in [5, 5.41) is 0. The SMILES string of the molecule is CCOC[C@@H]1CCC[C@@]12CN(C(=O)c1ccc(OC)cc1)CCO2. The van der Waals surface area contributed by atoms with Crippen LogP contribution in [0.1, 0.15) is 36.5 Å². The molecule has 2 fully saturated rings. The first-order valence-corrected chi connectivity index (χ1v) is 8.83. The van der Waals surface area contributed by atoms with E-state index in [9.17, 15) is 4.79 Å². The number of hydrogen-bond donors (Lipinski definition) is 0. The number of morpholine rings is 1. The summed E-state index contributed by atoms with van der Waals surface area (Å²) in [5.41, 5.74) is 0.474. The summed E-state index contributed by atoms with van der Waals surface area (Å²) in [5.74, 6) is 1.21. The molecule has 0 bridgehead atoms. The number of nitrogens with zero attached hydrogens (tertiary/aromatic N) is 1. The van der Waals surface area contributed by atoms with Gasteiger partial charge in [-0.1, -0.05) is 6.42 Å². The van der Waals surface area contributed by atoms with Crippen LogP contribution in [0.2, 0.25) is 0 Å². The normalized spacial score (nSPS) is 26.8. The average molecular weight is 333 g/mol. The zero-order chi connectivity index (χ0) is 17.0. The van der Waals surface area contributed by atoms with Gasteiger partial charge in [0, 0.05) is 24.6 Å². The van der Waals surface area contributed by atoms with E-state index in [-0.39, 0.29) is 11.5 Å². The second-order valence-electron chi connectivity index (χ2n) is 6.62. The third-order valence-corrected chi connectivity index (χ3v) is 5.25. The molecular formula is C19H27NO4. The van der Waals surface area contributed by atoms with Gasteiger partial charge in [-0.2, -0.15) is 0 Å². The molecule has 1 aromatic rings. The highest BCUT2D eigenvalue weighted by Crippen LogP contribution is 2.41. The van der Waals surface area contributed by atoms with Gasteiger partial charge < -0.3 is 19.1 Å². The molecule has 24 heavy (non-hydrogen) atoms. The standard InChI is InChI=1S/C19H27NO4/c1-3-23-13-16-5-4-10-19(16)14-20(11-12-24-19)18(21)15-6-8-17(22-2)9-7-15/h6-9,16H,3-5,10-14H2,1-2H3/t16-,19+/m0/s1. The quantitative estimate of drug-likeness (QED) is 0.831. The Bertz CT molecular complexity index is 559. The maximum absolute atomic E-state index is 12.9. The van der Waals surface area contributed by atoms with Crippen molar-refractivity contribution in [1.29, 1.82) is 0 Å². The number of amides is 1. The van der Waals surface area contributed by atoms with Crippen LogP contribution < -0.4 is 4.74 Å². The first-order valence-electron chi connectivity index (χ1n) is 8.83. The molecule has 1 aliphatic heterocycles. The van der Waals surface area contributed by atoms with Crippen LogP contribution in [-0.4, -0.2) is 56.4 Å². The fourth-order valence-electron chi connectivity index (χ4n) is 3.90. The average Bonchev–Trinajstić information content (AvgIpc) is 3.01. The van der Waals surface area contributed by atoms with Crippen molar-refractivity contribution in [2.75, 3.05) is 40.0 Å². The summed E-state index contributed by atoms with van der Waals surface area (Å²) in [4.78, 5) is 14.8. The van der Waals surface area contributed by atoms with Gasteiger partial charge in [-0.15, -0.1) is 0 Å². The predicted octanol–water partition coefficient (Wildman–Crippen LogP) is 2.74. The molecule has 2 aliphatic rings. The summed E-state index contributed by atoms with van der Waals surface area (Å²) < 4.78 is 17.0. The fraction of sp³-hybridized carbons (Fsp3) is 0.632. The Hall–Kier alpha value is -1.59. The van der Waals surface area contributed by atoms with Gasteiger partial charge >= 0.3 is 0 Å². The molecule has 0 aromatic heterocycles.